The average Bonchev–Trinajstić information content (AvgIpc) is 3.35. The molecule has 6 nitrogen and oxygen atoms in total. The van der Waals surface area contributed by atoms with E-state index in [0.29, 0.717) is 0 Å². The molecule has 3 aliphatic heterocycles. The minimum atomic E-state index is -3.16. The molecule has 0 N–H and O–H groups in total. The van der Waals surface area contributed by atoms with Gasteiger partial charge in [-0.15, -0.1) is 0 Å². The number of rotatable bonds is 5. The molecular formula is C28H38O6Si. The summed E-state index contributed by atoms with van der Waals surface area (Å²) in [7, 11) is -3.09. The first-order valence-electron chi connectivity index (χ1n) is 15.0. The highest BCUT2D eigenvalue weighted by Gasteiger charge is 2.62. The van der Waals surface area contributed by atoms with Crippen LogP contribution in [0.2, 0.25) is 5.04 Å². The van der Waals surface area contributed by atoms with Crippen LogP contribution < -0.4 is 10.4 Å². The normalized spacial score (nSPS) is 34.9. The van der Waals surface area contributed by atoms with Crippen molar-refractivity contribution in [2.45, 2.75) is 95.6 Å². The molecule has 7 heteroatoms. The molecule has 3 saturated heterocycles. The monoisotopic (exact) mass is 504 g/mol. The molecule has 0 spiro atoms. The third-order valence-corrected chi connectivity index (χ3v) is 11.9. The Morgan fingerprint density at radius 2 is 1.37 bits per heavy atom. The minimum Gasteiger partial charge on any atom is -0.405 e. The summed E-state index contributed by atoms with van der Waals surface area (Å²) < 4.78 is 86.5. The lowest BCUT2D eigenvalue weighted by atomic mass is 10.0. The number of hydrogen-bond donors (Lipinski definition) is 0. The summed E-state index contributed by atoms with van der Waals surface area (Å²) in [6, 6.07) is 19.9. The SMILES string of the molecule is [2H]C([2H])([2H])C1(C([2H])([2H])[2H])O[C@@H]2[C@H]3OC(C)(C)O[C@H]3O[C@@H]2[C@@H](CO[Si](c2ccccc2)(c2ccccc2)C(C)(C)C)O1. The summed E-state index contributed by atoms with van der Waals surface area (Å²) in [5.74, 6) is -3.94. The summed E-state index contributed by atoms with van der Waals surface area (Å²) >= 11 is 0. The minimum absolute atomic E-state index is 0.144. The fourth-order valence-electron chi connectivity index (χ4n) is 5.53. The molecule has 2 aromatic carbocycles. The molecule has 5 atom stereocenters. The van der Waals surface area contributed by atoms with Gasteiger partial charge in [0.1, 0.15) is 24.4 Å². The van der Waals surface area contributed by atoms with E-state index < -0.39 is 64.3 Å². The van der Waals surface area contributed by atoms with Crippen molar-refractivity contribution in [3.8, 4) is 0 Å². The van der Waals surface area contributed by atoms with Gasteiger partial charge in [-0.05, 0) is 43.0 Å². The van der Waals surface area contributed by atoms with E-state index in [2.05, 4.69) is 20.8 Å². The third-order valence-electron chi connectivity index (χ3n) is 6.89. The highest BCUT2D eigenvalue weighted by Crippen LogP contribution is 2.45. The lowest BCUT2D eigenvalue weighted by molar-refractivity contribution is -0.346. The summed E-state index contributed by atoms with van der Waals surface area (Å²) in [6.07, 6.45) is -4.82. The molecule has 2 aromatic rings. The zero-order chi connectivity index (χ0) is 30.1. The maximum absolute atomic E-state index is 8.24. The van der Waals surface area contributed by atoms with E-state index in [1.54, 1.807) is 13.8 Å². The molecule has 0 bridgehead atoms. The van der Waals surface area contributed by atoms with Crippen LogP contribution in [0, 0.1) is 0 Å². The zero-order valence-electron chi connectivity index (χ0n) is 26.8. The Morgan fingerprint density at radius 1 is 0.800 bits per heavy atom. The fraction of sp³-hybridized carbons (Fsp3) is 0.571. The molecular weight excluding hydrogens is 460 g/mol. The average molecular weight is 505 g/mol. The molecule has 0 radical (unpaired) electrons. The van der Waals surface area contributed by atoms with Crippen molar-refractivity contribution in [2.24, 2.45) is 0 Å². The van der Waals surface area contributed by atoms with Crippen LogP contribution in [0.1, 0.15) is 56.5 Å². The van der Waals surface area contributed by atoms with Gasteiger partial charge in [-0.2, -0.15) is 0 Å². The summed E-state index contributed by atoms with van der Waals surface area (Å²) in [4.78, 5) is 0. The van der Waals surface area contributed by atoms with E-state index in [1.165, 1.54) is 0 Å². The molecule has 3 fully saturated rings. The Labute approximate surface area is 218 Å². The second-order valence-electron chi connectivity index (χ2n) is 10.9. The van der Waals surface area contributed by atoms with Gasteiger partial charge in [0.2, 0.25) is 0 Å². The first kappa shape index (κ1) is 18.6. The molecule has 0 unspecified atom stereocenters. The Kier molecular flexibility index (Phi) is 4.67. The van der Waals surface area contributed by atoms with E-state index in [-0.39, 0.29) is 11.6 Å². The van der Waals surface area contributed by atoms with Crippen LogP contribution in [0.3, 0.4) is 0 Å². The first-order chi connectivity index (χ1) is 18.9. The second kappa shape index (κ2) is 8.77. The molecule has 35 heavy (non-hydrogen) atoms. The lowest BCUT2D eigenvalue weighted by Crippen LogP contribution is -2.68. The Morgan fingerprint density at radius 3 is 1.91 bits per heavy atom. The number of benzene rings is 2. The van der Waals surface area contributed by atoms with E-state index in [4.69, 9.17) is 36.3 Å². The number of fused-ring (bicyclic) bond motifs is 3. The van der Waals surface area contributed by atoms with Crippen molar-refractivity contribution in [3.05, 3.63) is 60.7 Å². The summed E-state index contributed by atoms with van der Waals surface area (Å²) in [5, 5.41) is 1.64. The standard InChI is InChI=1S/C28H38O6Si/c1-26(2,3)35(19-14-10-8-11-15-19,20-16-12-9-13-17-20)29-18-21-22-23(32-27(4,5)31-21)24-25(30-22)34-28(6,7)33-24/h8-17,21-25H,18H2,1-7H3/t21-,22-,23+,24-,25-/m1/s1/i4D3,5D3. The topological polar surface area (TPSA) is 55.4 Å². The van der Waals surface area contributed by atoms with Gasteiger partial charge in [-0.3, -0.25) is 0 Å². The van der Waals surface area contributed by atoms with Crippen LogP contribution in [0.25, 0.3) is 0 Å². The Hall–Kier alpha value is -1.58. The predicted octanol–water partition coefficient (Wildman–Crippen LogP) is 3.96. The fourth-order valence-corrected chi connectivity index (χ4v) is 10.1. The summed E-state index contributed by atoms with van der Waals surface area (Å²) in [5.41, 5.74) is 0. The van der Waals surface area contributed by atoms with Crippen LogP contribution in [0.4, 0.5) is 0 Å². The molecule has 3 aliphatic rings. The van der Waals surface area contributed by atoms with Gasteiger partial charge >= 0.3 is 0 Å². The maximum atomic E-state index is 8.24. The Balaban J connectivity index is 1.59. The lowest BCUT2D eigenvalue weighted by Gasteiger charge is -2.47. The van der Waals surface area contributed by atoms with E-state index >= 15 is 0 Å². The second-order valence-corrected chi connectivity index (χ2v) is 15.2. The van der Waals surface area contributed by atoms with Crippen molar-refractivity contribution < 1.29 is 36.3 Å². The maximum Gasteiger partial charge on any atom is 0.261 e. The van der Waals surface area contributed by atoms with Crippen LogP contribution in [-0.2, 0) is 28.1 Å². The molecule has 5 rings (SSSR count). The molecule has 0 aliphatic carbocycles. The third kappa shape index (κ3) is 4.52. The molecule has 0 aromatic heterocycles. The van der Waals surface area contributed by atoms with Crippen LogP contribution in [0.15, 0.2) is 60.7 Å². The number of hydrogen-bond acceptors (Lipinski definition) is 6. The van der Waals surface area contributed by atoms with Gasteiger partial charge < -0.3 is 28.1 Å². The Bertz CT molecular complexity index is 1160. The van der Waals surface area contributed by atoms with Crippen molar-refractivity contribution in [2.75, 3.05) is 6.61 Å². The number of ether oxygens (including phenoxy) is 5. The van der Waals surface area contributed by atoms with E-state index in [9.17, 15) is 0 Å². The molecule has 190 valence electrons. The van der Waals surface area contributed by atoms with E-state index in [1.807, 2.05) is 60.7 Å². The zero-order valence-corrected chi connectivity index (χ0v) is 21.8. The van der Waals surface area contributed by atoms with E-state index in [0.717, 1.165) is 10.4 Å². The van der Waals surface area contributed by atoms with Gasteiger partial charge in [-0.25, -0.2) is 0 Å². The van der Waals surface area contributed by atoms with Gasteiger partial charge in [0.05, 0.1) is 6.61 Å². The highest BCUT2D eigenvalue weighted by atomic mass is 28.4. The largest absolute Gasteiger partial charge is 0.405 e. The molecule has 0 saturated carbocycles. The summed E-state index contributed by atoms with van der Waals surface area (Å²) in [6.45, 7) is 3.28. The smallest absolute Gasteiger partial charge is 0.261 e. The quantitative estimate of drug-likeness (QED) is 0.575. The first-order valence-corrected chi connectivity index (χ1v) is 13.9. The predicted molar refractivity (Wildman–Crippen MR) is 136 cm³/mol. The molecule has 3 heterocycles. The van der Waals surface area contributed by atoms with Crippen molar-refractivity contribution in [1.82, 2.24) is 0 Å². The van der Waals surface area contributed by atoms with Crippen LogP contribution in [-0.4, -0.2) is 57.2 Å². The molecule has 0 amide bonds. The highest BCUT2D eigenvalue weighted by molar-refractivity contribution is 6.99. The van der Waals surface area contributed by atoms with Gasteiger partial charge in [0.25, 0.3) is 8.32 Å². The van der Waals surface area contributed by atoms with Crippen LogP contribution >= 0.6 is 0 Å². The van der Waals surface area contributed by atoms with Crippen molar-refractivity contribution in [1.29, 1.82) is 0 Å². The van der Waals surface area contributed by atoms with Gasteiger partial charge in [-0.1, -0.05) is 81.4 Å². The van der Waals surface area contributed by atoms with Crippen molar-refractivity contribution in [3.63, 3.8) is 0 Å². The van der Waals surface area contributed by atoms with Crippen LogP contribution in [0.5, 0.6) is 0 Å². The van der Waals surface area contributed by atoms with Crippen molar-refractivity contribution >= 4 is 18.7 Å². The van der Waals surface area contributed by atoms with Gasteiger partial charge in [0.15, 0.2) is 17.9 Å². The van der Waals surface area contributed by atoms with Gasteiger partial charge in [0, 0.05) is 8.22 Å².